The average molecular weight is 269 g/mol. The van der Waals surface area contributed by atoms with Crippen LogP contribution in [-0.2, 0) is 11.3 Å². The van der Waals surface area contributed by atoms with Crippen LogP contribution < -0.4 is 10.9 Å². The van der Waals surface area contributed by atoms with Crippen LogP contribution in [0.25, 0.3) is 0 Å². The lowest BCUT2D eigenvalue weighted by Crippen LogP contribution is -2.38. The fraction of sp³-hybridized carbons (Fsp3) is 0.400. The molecule has 0 aliphatic rings. The molecule has 0 heterocycles. The van der Waals surface area contributed by atoms with Gasteiger partial charge < -0.3 is 4.74 Å². The first-order chi connectivity index (χ1) is 8.04. The van der Waals surface area contributed by atoms with Crippen molar-refractivity contribution in [3.05, 3.63) is 35.1 Å². The number of ether oxygens (including phenoxy) is 1. The van der Waals surface area contributed by atoms with Gasteiger partial charge in [-0.05, 0) is 13.0 Å². The summed E-state index contributed by atoms with van der Waals surface area (Å²) in [7, 11) is 0. The minimum absolute atomic E-state index is 0.0169. The van der Waals surface area contributed by atoms with E-state index in [4.69, 9.17) is 16.3 Å². The second-order valence-corrected chi connectivity index (χ2v) is 3.52. The fourth-order valence-electron chi connectivity index (χ4n) is 1.11. The molecule has 0 bridgehead atoms. The smallest absolute Gasteiger partial charge is 0.197 e. The Morgan fingerprint density at radius 3 is 2.53 bits per heavy atom. The maximum absolute atomic E-state index is 13.2. The number of benzene rings is 1. The molecule has 3 nitrogen and oxygen atoms in total. The van der Waals surface area contributed by atoms with Gasteiger partial charge in [-0.25, -0.2) is 18.6 Å². The van der Waals surface area contributed by atoms with Crippen LogP contribution in [0.3, 0.4) is 0 Å². The largest absolute Gasteiger partial charge is 0.349 e. The molecule has 0 aliphatic carbocycles. The molecule has 7 heteroatoms. The molecule has 1 rings (SSSR count). The summed E-state index contributed by atoms with van der Waals surface area (Å²) < 4.78 is 43.5. The third-order valence-electron chi connectivity index (χ3n) is 1.90. The van der Waals surface area contributed by atoms with E-state index in [0.717, 1.165) is 6.07 Å². The zero-order chi connectivity index (χ0) is 12.8. The second-order valence-electron chi connectivity index (χ2n) is 3.13. The summed E-state index contributed by atoms with van der Waals surface area (Å²) >= 11 is 5.62. The van der Waals surface area contributed by atoms with Gasteiger partial charge in [0.25, 0.3) is 0 Å². The molecule has 0 saturated heterocycles. The molecule has 0 spiro atoms. The van der Waals surface area contributed by atoms with Crippen LogP contribution in [0, 0.1) is 17.5 Å². The molecule has 0 amide bonds. The number of hydrazine groups is 1. The summed E-state index contributed by atoms with van der Waals surface area (Å²) in [5.74, 6) is -3.15. The van der Waals surface area contributed by atoms with E-state index in [2.05, 4.69) is 10.9 Å². The van der Waals surface area contributed by atoms with Crippen molar-refractivity contribution in [2.75, 3.05) is 6.61 Å². The third kappa shape index (κ3) is 4.51. The van der Waals surface area contributed by atoms with Crippen molar-refractivity contribution in [3.63, 3.8) is 0 Å². The van der Waals surface area contributed by atoms with Gasteiger partial charge in [0.05, 0.1) is 0 Å². The van der Waals surface area contributed by atoms with E-state index >= 15 is 0 Å². The van der Waals surface area contributed by atoms with E-state index in [9.17, 15) is 13.2 Å². The zero-order valence-electron chi connectivity index (χ0n) is 9.07. The van der Waals surface area contributed by atoms with E-state index in [1.165, 1.54) is 0 Å². The van der Waals surface area contributed by atoms with Gasteiger partial charge >= 0.3 is 0 Å². The summed E-state index contributed by atoms with van der Waals surface area (Å²) in [6, 6.07) is 1.27. The van der Waals surface area contributed by atoms with Gasteiger partial charge in [0.1, 0.15) is 5.82 Å². The summed E-state index contributed by atoms with van der Waals surface area (Å²) in [5.41, 5.74) is 4.24. The number of hydrogen-bond donors (Lipinski definition) is 2. The topological polar surface area (TPSA) is 33.3 Å². The first kappa shape index (κ1) is 14.2. The molecule has 1 atom stereocenters. The lowest BCUT2D eigenvalue weighted by atomic mass is 10.2. The molecule has 2 N–H and O–H groups in total. The first-order valence-corrected chi connectivity index (χ1v) is 5.35. The number of halogens is 4. The van der Waals surface area contributed by atoms with Gasteiger partial charge in [-0.3, -0.25) is 5.43 Å². The van der Waals surface area contributed by atoms with Crippen molar-refractivity contribution in [2.45, 2.75) is 19.2 Å². The summed E-state index contributed by atoms with van der Waals surface area (Å²) in [6.07, 6.45) is 0. The predicted octanol–water partition coefficient (Wildman–Crippen LogP) is 2.26. The highest BCUT2D eigenvalue weighted by molar-refractivity contribution is 6.19. The summed E-state index contributed by atoms with van der Waals surface area (Å²) in [6.45, 7) is 2.10. The maximum atomic E-state index is 13.2. The predicted molar refractivity (Wildman–Crippen MR) is 57.6 cm³/mol. The van der Waals surface area contributed by atoms with Crippen LogP contribution in [0.1, 0.15) is 12.5 Å². The molecule has 0 saturated carbocycles. The Labute approximate surface area is 102 Å². The van der Waals surface area contributed by atoms with Crippen LogP contribution in [0.2, 0.25) is 0 Å². The van der Waals surface area contributed by atoms with Gasteiger partial charge in [-0.15, -0.1) is 0 Å². The van der Waals surface area contributed by atoms with Crippen molar-refractivity contribution in [1.82, 2.24) is 10.9 Å². The Hall–Kier alpha value is -0.820. The van der Waals surface area contributed by atoms with E-state index in [-0.39, 0.29) is 12.1 Å². The second kappa shape index (κ2) is 6.80. The molecule has 0 aliphatic heterocycles. The minimum Gasteiger partial charge on any atom is -0.349 e. The third-order valence-corrected chi connectivity index (χ3v) is 2.13. The fourth-order valence-corrected chi connectivity index (χ4v) is 1.32. The van der Waals surface area contributed by atoms with Gasteiger partial charge in [0, 0.05) is 24.8 Å². The van der Waals surface area contributed by atoms with Crippen molar-refractivity contribution >= 4 is 11.6 Å². The van der Waals surface area contributed by atoms with Gasteiger partial charge in [-0.1, -0.05) is 11.6 Å². The van der Waals surface area contributed by atoms with Crippen LogP contribution in [0.4, 0.5) is 13.2 Å². The normalized spacial score (nSPS) is 12.8. The Bertz CT molecular complexity index is 379. The van der Waals surface area contributed by atoms with Gasteiger partial charge in [0.2, 0.25) is 0 Å². The molecule has 0 radical (unpaired) electrons. The molecule has 1 aromatic rings. The van der Waals surface area contributed by atoms with E-state index in [1.807, 2.05) is 0 Å². The van der Waals surface area contributed by atoms with E-state index < -0.39 is 23.1 Å². The summed E-state index contributed by atoms with van der Waals surface area (Å²) in [5, 5.41) is 0. The highest BCUT2D eigenvalue weighted by Crippen LogP contribution is 2.13. The maximum Gasteiger partial charge on any atom is 0.197 e. The van der Waals surface area contributed by atoms with Crippen molar-refractivity contribution in [2.24, 2.45) is 0 Å². The SMILES string of the molecule is CCOC(Cl)NNCc1cc(F)c(F)cc1F. The van der Waals surface area contributed by atoms with Crippen LogP contribution in [0.15, 0.2) is 12.1 Å². The lowest BCUT2D eigenvalue weighted by molar-refractivity contribution is 0.0844. The standard InChI is InChI=1S/C10H12ClF3N2O/c1-2-17-10(11)16-15-5-6-3-8(13)9(14)4-7(6)12/h3-4,10,15-16H,2,5H2,1H3. The van der Waals surface area contributed by atoms with Crippen LogP contribution in [-0.4, -0.2) is 12.3 Å². The summed E-state index contributed by atoms with van der Waals surface area (Å²) in [4.78, 5) is 0. The Kier molecular flexibility index (Phi) is 5.70. The van der Waals surface area contributed by atoms with Crippen molar-refractivity contribution < 1.29 is 17.9 Å². The highest BCUT2D eigenvalue weighted by Gasteiger charge is 2.09. The van der Waals surface area contributed by atoms with E-state index in [1.54, 1.807) is 6.92 Å². The molecule has 96 valence electrons. The molecule has 0 aromatic heterocycles. The Balaban J connectivity index is 2.49. The van der Waals surface area contributed by atoms with E-state index in [0.29, 0.717) is 12.7 Å². The molecule has 17 heavy (non-hydrogen) atoms. The molecular formula is C10H12ClF3N2O. The zero-order valence-corrected chi connectivity index (χ0v) is 9.82. The number of nitrogens with one attached hydrogen (secondary N) is 2. The number of rotatable bonds is 6. The molecular weight excluding hydrogens is 257 g/mol. The van der Waals surface area contributed by atoms with Gasteiger partial charge in [0.15, 0.2) is 17.3 Å². The van der Waals surface area contributed by atoms with Crippen molar-refractivity contribution in [3.8, 4) is 0 Å². The monoisotopic (exact) mass is 268 g/mol. The average Bonchev–Trinajstić information content (AvgIpc) is 2.26. The quantitative estimate of drug-likeness (QED) is 0.273. The first-order valence-electron chi connectivity index (χ1n) is 4.92. The van der Waals surface area contributed by atoms with Gasteiger partial charge in [-0.2, -0.15) is 0 Å². The highest BCUT2D eigenvalue weighted by atomic mass is 35.5. The van der Waals surface area contributed by atoms with Crippen LogP contribution in [0.5, 0.6) is 0 Å². The van der Waals surface area contributed by atoms with Crippen molar-refractivity contribution in [1.29, 1.82) is 0 Å². The Morgan fingerprint density at radius 1 is 1.24 bits per heavy atom. The lowest BCUT2D eigenvalue weighted by Gasteiger charge is -2.13. The molecule has 1 aromatic carbocycles. The number of alkyl halides is 1. The number of hydrogen-bond acceptors (Lipinski definition) is 3. The van der Waals surface area contributed by atoms with Crippen LogP contribution >= 0.6 is 11.6 Å². The minimum atomic E-state index is -1.22. The Morgan fingerprint density at radius 2 is 1.88 bits per heavy atom. The molecule has 1 unspecified atom stereocenters. The molecule has 0 fully saturated rings.